The van der Waals surface area contributed by atoms with Crippen molar-refractivity contribution in [2.45, 2.75) is 28.3 Å². The third-order valence-electron chi connectivity index (χ3n) is 3.32. The summed E-state index contributed by atoms with van der Waals surface area (Å²) in [5, 5.41) is 9.68. The number of hydrogen-bond donors (Lipinski definition) is 1. The van der Waals surface area contributed by atoms with E-state index in [1.807, 2.05) is 6.07 Å². The molecule has 3 aliphatic rings. The van der Waals surface area contributed by atoms with Gasteiger partial charge in [0.25, 0.3) is 0 Å². The van der Waals surface area contributed by atoms with Crippen molar-refractivity contribution in [3.8, 4) is 0 Å². The second-order valence-electron chi connectivity index (χ2n) is 4.46. The quantitative estimate of drug-likeness (QED) is 0.633. The molecule has 2 heterocycles. The largest absolute Gasteiger partial charge is 0.456 e. The van der Waals surface area contributed by atoms with Gasteiger partial charge < -0.3 is 9.84 Å². The fourth-order valence-corrected chi connectivity index (χ4v) is 3.94. The highest BCUT2D eigenvalue weighted by Crippen LogP contribution is 2.37. The lowest BCUT2D eigenvalue weighted by Crippen LogP contribution is -2.59. The normalized spacial score (nSPS) is 35.3. The average molecular weight is 264 g/mol. The highest BCUT2D eigenvalue weighted by atomic mass is 32.2. The monoisotopic (exact) mass is 264 g/mol. The molecule has 94 valence electrons. The third kappa shape index (κ3) is 1.62. The predicted octanol–water partition coefficient (Wildman–Crippen LogP) is 0.779. The summed E-state index contributed by atoms with van der Waals surface area (Å²) in [6, 6.07) is 8.86. The van der Waals surface area contributed by atoms with Crippen LogP contribution in [0, 0.1) is 0 Å². The number of carbonyl (C=O) groups excluding carboxylic acids is 1. The lowest BCUT2D eigenvalue weighted by molar-refractivity contribution is -0.174. The van der Waals surface area contributed by atoms with Gasteiger partial charge in [0.2, 0.25) is 0 Å². The van der Waals surface area contributed by atoms with Crippen molar-refractivity contribution in [3.05, 3.63) is 42.5 Å². The van der Waals surface area contributed by atoms with E-state index in [0.29, 0.717) is 11.3 Å². The molecule has 1 unspecified atom stereocenters. The Bertz CT molecular complexity index is 539. The molecule has 0 aromatic heterocycles. The zero-order chi connectivity index (χ0) is 12.8. The van der Waals surface area contributed by atoms with Crippen LogP contribution >= 0.6 is 0 Å². The van der Waals surface area contributed by atoms with E-state index in [0.717, 1.165) is 0 Å². The van der Waals surface area contributed by atoms with Crippen LogP contribution in [-0.2, 0) is 20.3 Å². The Kier molecular flexibility index (Phi) is 2.60. The number of fused-ring (bicyclic) bond motifs is 2. The summed E-state index contributed by atoms with van der Waals surface area (Å²) in [6.45, 7) is 0. The number of benzene rings is 1. The second-order valence-corrected chi connectivity index (χ2v) is 6.10. The molecule has 2 bridgehead atoms. The molecule has 5 heteroatoms. The fraction of sp³-hybridized carbons (Fsp3) is 0.308. The van der Waals surface area contributed by atoms with Gasteiger partial charge in [0.15, 0.2) is 5.60 Å². The molecule has 4 rings (SSSR count). The van der Waals surface area contributed by atoms with Crippen LogP contribution in [0.5, 0.6) is 0 Å². The molecule has 2 aliphatic heterocycles. The summed E-state index contributed by atoms with van der Waals surface area (Å²) in [5.74, 6) is -0.699. The molecule has 4 atom stereocenters. The maximum atomic E-state index is 12.4. The molecular weight excluding hydrogens is 252 g/mol. The lowest BCUT2D eigenvalue weighted by atomic mass is 9.86. The van der Waals surface area contributed by atoms with Crippen LogP contribution < -0.4 is 0 Å². The van der Waals surface area contributed by atoms with Crippen molar-refractivity contribution < 1.29 is 18.8 Å². The van der Waals surface area contributed by atoms with Crippen molar-refractivity contribution >= 4 is 16.8 Å². The highest BCUT2D eigenvalue weighted by molar-refractivity contribution is 7.85. The Morgan fingerprint density at radius 3 is 2.72 bits per heavy atom. The number of carbonyl (C=O) groups is 1. The molecule has 0 spiro atoms. The zero-order valence-corrected chi connectivity index (χ0v) is 10.3. The van der Waals surface area contributed by atoms with Gasteiger partial charge in [-0.2, -0.15) is 0 Å². The van der Waals surface area contributed by atoms with E-state index in [-0.39, 0.29) is 6.10 Å². The SMILES string of the molecule is O=C1O[C@@H]2C=C[C@@]1(O)[C@H](S(=O)c1ccccc1)C2. The van der Waals surface area contributed by atoms with Gasteiger partial charge in [-0.15, -0.1) is 0 Å². The molecule has 1 aromatic rings. The predicted molar refractivity (Wildman–Crippen MR) is 65.2 cm³/mol. The summed E-state index contributed by atoms with van der Waals surface area (Å²) in [4.78, 5) is 12.3. The lowest BCUT2D eigenvalue weighted by Gasteiger charge is -2.41. The van der Waals surface area contributed by atoms with Crippen molar-refractivity contribution in [3.63, 3.8) is 0 Å². The summed E-state index contributed by atoms with van der Waals surface area (Å²) in [7, 11) is -1.43. The van der Waals surface area contributed by atoms with Crippen LogP contribution in [0.1, 0.15) is 6.42 Å². The molecule has 0 radical (unpaired) electrons. The first kappa shape index (κ1) is 11.6. The first-order valence-corrected chi connectivity index (χ1v) is 6.91. The average Bonchev–Trinajstić information content (AvgIpc) is 2.40. The van der Waals surface area contributed by atoms with Crippen LogP contribution in [0.4, 0.5) is 0 Å². The molecule has 18 heavy (non-hydrogen) atoms. The molecule has 1 aromatic carbocycles. The molecule has 1 fully saturated rings. The van der Waals surface area contributed by atoms with Crippen LogP contribution in [0.15, 0.2) is 47.4 Å². The Hall–Kier alpha value is -1.46. The molecule has 0 amide bonds. The number of aliphatic hydroxyl groups is 1. The summed E-state index contributed by atoms with van der Waals surface area (Å²) in [5.41, 5.74) is -1.75. The van der Waals surface area contributed by atoms with E-state index in [1.54, 1.807) is 30.3 Å². The Morgan fingerprint density at radius 2 is 2.06 bits per heavy atom. The van der Waals surface area contributed by atoms with E-state index in [2.05, 4.69) is 0 Å². The van der Waals surface area contributed by atoms with E-state index in [1.165, 1.54) is 6.08 Å². The van der Waals surface area contributed by atoms with Crippen molar-refractivity contribution in [2.24, 2.45) is 0 Å². The van der Waals surface area contributed by atoms with Gasteiger partial charge in [-0.25, -0.2) is 4.79 Å². The van der Waals surface area contributed by atoms with Gasteiger partial charge in [-0.1, -0.05) is 18.2 Å². The van der Waals surface area contributed by atoms with Crippen molar-refractivity contribution in [2.75, 3.05) is 0 Å². The number of ether oxygens (including phenoxy) is 1. The molecule has 1 aliphatic carbocycles. The van der Waals surface area contributed by atoms with Gasteiger partial charge in [-0.3, -0.25) is 4.21 Å². The maximum Gasteiger partial charge on any atom is 0.344 e. The van der Waals surface area contributed by atoms with Crippen LogP contribution in [0.25, 0.3) is 0 Å². The van der Waals surface area contributed by atoms with E-state index in [4.69, 9.17) is 4.74 Å². The van der Waals surface area contributed by atoms with E-state index < -0.39 is 27.6 Å². The Balaban J connectivity index is 1.97. The summed E-state index contributed by atoms with van der Waals surface area (Å²) < 4.78 is 17.4. The van der Waals surface area contributed by atoms with Gasteiger partial charge in [-0.05, 0) is 24.3 Å². The molecule has 1 saturated heterocycles. The zero-order valence-electron chi connectivity index (χ0n) is 9.48. The molecule has 1 N–H and O–H groups in total. The fourth-order valence-electron chi connectivity index (χ4n) is 2.32. The van der Waals surface area contributed by atoms with Gasteiger partial charge in [0, 0.05) is 11.3 Å². The summed E-state index contributed by atoms with van der Waals surface area (Å²) in [6.07, 6.45) is 3.09. The number of rotatable bonds is 2. The van der Waals surface area contributed by atoms with E-state index in [9.17, 15) is 14.1 Å². The smallest absolute Gasteiger partial charge is 0.344 e. The van der Waals surface area contributed by atoms with Crippen molar-refractivity contribution in [1.82, 2.24) is 0 Å². The minimum Gasteiger partial charge on any atom is -0.456 e. The molecule has 0 saturated carbocycles. The van der Waals surface area contributed by atoms with Crippen LogP contribution in [0.2, 0.25) is 0 Å². The summed E-state index contributed by atoms with van der Waals surface area (Å²) >= 11 is 0. The molecular formula is C13H12O4S. The van der Waals surface area contributed by atoms with Gasteiger partial charge >= 0.3 is 5.97 Å². The van der Waals surface area contributed by atoms with E-state index >= 15 is 0 Å². The van der Waals surface area contributed by atoms with Crippen molar-refractivity contribution in [1.29, 1.82) is 0 Å². The Labute approximate surface area is 107 Å². The van der Waals surface area contributed by atoms with Crippen LogP contribution in [0.3, 0.4) is 0 Å². The first-order valence-electron chi connectivity index (χ1n) is 5.70. The molecule has 4 nitrogen and oxygen atoms in total. The minimum absolute atomic E-state index is 0.371. The minimum atomic E-state index is -1.75. The topological polar surface area (TPSA) is 63.6 Å². The van der Waals surface area contributed by atoms with Gasteiger partial charge in [0.1, 0.15) is 6.10 Å². The maximum absolute atomic E-state index is 12.4. The standard InChI is InChI=1S/C13H12O4S/c14-12-13(15)7-6-9(17-12)8-11(13)18(16)10-4-2-1-3-5-10/h1-7,9,11,15H,8H2/t9-,11-,13-,18?/m1/s1. The first-order chi connectivity index (χ1) is 8.61. The number of hydrogen-bond acceptors (Lipinski definition) is 4. The number of esters is 1. The third-order valence-corrected chi connectivity index (χ3v) is 5.13. The Morgan fingerprint density at radius 1 is 1.33 bits per heavy atom. The van der Waals surface area contributed by atoms with Gasteiger partial charge in [0.05, 0.1) is 16.0 Å². The highest BCUT2D eigenvalue weighted by Gasteiger charge is 2.54. The van der Waals surface area contributed by atoms with Crippen LogP contribution in [-0.4, -0.2) is 32.2 Å². The second kappa shape index (κ2) is 4.03.